The smallest absolute Gasteiger partial charge is 0.326 e. The van der Waals surface area contributed by atoms with E-state index in [0.717, 1.165) is 0 Å². The van der Waals surface area contributed by atoms with E-state index >= 15 is 0 Å². The first-order valence-corrected chi connectivity index (χ1v) is 5.27. The van der Waals surface area contributed by atoms with Crippen LogP contribution in [0.1, 0.15) is 12.8 Å². The van der Waals surface area contributed by atoms with Crippen molar-refractivity contribution in [3.8, 4) is 0 Å². The summed E-state index contributed by atoms with van der Waals surface area (Å²) >= 11 is 0. The second kappa shape index (κ2) is 8.04. The molecule has 102 valence electrons. The van der Waals surface area contributed by atoms with Gasteiger partial charge in [-0.1, -0.05) is 0 Å². The SMILES string of the molecule is CN(C)C(=O)CCC(NC(=O)CNC=O)C(=O)O. The number of rotatable bonds is 8. The highest BCUT2D eigenvalue weighted by atomic mass is 16.4. The summed E-state index contributed by atoms with van der Waals surface area (Å²) in [6.07, 6.45) is 0.357. The van der Waals surface area contributed by atoms with Crippen molar-refractivity contribution in [1.29, 1.82) is 0 Å². The molecule has 0 fully saturated rings. The van der Waals surface area contributed by atoms with Gasteiger partial charge in [-0.15, -0.1) is 0 Å². The Kier molecular flexibility index (Phi) is 7.10. The first-order chi connectivity index (χ1) is 8.38. The van der Waals surface area contributed by atoms with E-state index < -0.39 is 17.9 Å². The van der Waals surface area contributed by atoms with Gasteiger partial charge in [-0.2, -0.15) is 0 Å². The normalized spacial score (nSPS) is 11.2. The van der Waals surface area contributed by atoms with Gasteiger partial charge in [0.1, 0.15) is 6.04 Å². The summed E-state index contributed by atoms with van der Waals surface area (Å²) < 4.78 is 0. The summed E-state index contributed by atoms with van der Waals surface area (Å²) in [5.74, 6) is -2.06. The molecule has 3 amide bonds. The van der Waals surface area contributed by atoms with Crippen molar-refractivity contribution >= 4 is 24.2 Å². The third kappa shape index (κ3) is 6.46. The van der Waals surface area contributed by atoms with E-state index in [9.17, 15) is 19.2 Å². The molecule has 0 saturated carbocycles. The van der Waals surface area contributed by atoms with Gasteiger partial charge in [0.05, 0.1) is 6.54 Å². The zero-order chi connectivity index (χ0) is 14.1. The molecule has 0 rings (SSSR count). The molecular formula is C10H17N3O5. The first-order valence-electron chi connectivity index (χ1n) is 5.27. The monoisotopic (exact) mass is 259 g/mol. The quantitative estimate of drug-likeness (QED) is 0.443. The highest BCUT2D eigenvalue weighted by Gasteiger charge is 2.21. The minimum Gasteiger partial charge on any atom is -0.480 e. The maximum atomic E-state index is 11.3. The third-order valence-electron chi connectivity index (χ3n) is 2.12. The zero-order valence-corrected chi connectivity index (χ0v) is 10.3. The standard InChI is InChI=1S/C10H17N3O5/c1-13(2)9(16)4-3-7(10(17)18)12-8(15)5-11-6-14/h6-7H,3-5H2,1-2H3,(H,11,14)(H,12,15)(H,17,18). The van der Waals surface area contributed by atoms with Crippen molar-refractivity contribution < 1.29 is 24.3 Å². The Morgan fingerprint density at radius 2 is 1.94 bits per heavy atom. The third-order valence-corrected chi connectivity index (χ3v) is 2.12. The van der Waals surface area contributed by atoms with Gasteiger partial charge in [-0.3, -0.25) is 14.4 Å². The molecule has 0 heterocycles. The zero-order valence-electron chi connectivity index (χ0n) is 10.3. The molecule has 8 heteroatoms. The molecule has 1 atom stereocenters. The minimum absolute atomic E-state index is 0.000818. The van der Waals surface area contributed by atoms with Crippen LogP contribution in [0.15, 0.2) is 0 Å². The van der Waals surface area contributed by atoms with Crippen LogP contribution >= 0.6 is 0 Å². The van der Waals surface area contributed by atoms with Crippen LogP contribution in [0.25, 0.3) is 0 Å². The number of hydrogen-bond acceptors (Lipinski definition) is 4. The number of carboxylic acid groups (broad SMARTS) is 1. The lowest BCUT2D eigenvalue weighted by molar-refractivity contribution is -0.142. The van der Waals surface area contributed by atoms with Crippen LogP contribution in [-0.2, 0) is 19.2 Å². The lowest BCUT2D eigenvalue weighted by Crippen LogP contribution is -2.44. The van der Waals surface area contributed by atoms with E-state index in [2.05, 4.69) is 10.6 Å². The molecule has 0 aliphatic heterocycles. The Labute approximate surface area is 104 Å². The van der Waals surface area contributed by atoms with E-state index in [1.165, 1.54) is 4.90 Å². The number of aliphatic carboxylic acids is 1. The van der Waals surface area contributed by atoms with Crippen molar-refractivity contribution in [3.63, 3.8) is 0 Å². The molecule has 0 aliphatic carbocycles. The molecule has 0 aromatic rings. The van der Waals surface area contributed by atoms with Gasteiger partial charge in [0.25, 0.3) is 0 Å². The maximum Gasteiger partial charge on any atom is 0.326 e. The molecular weight excluding hydrogens is 242 g/mol. The molecule has 3 N–H and O–H groups in total. The van der Waals surface area contributed by atoms with Crippen LogP contribution in [-0.4, -0.2) is 60.9 Å². The molecule has 0 aromatic carbocycles. The largest absolute Gasteiger partial charge is 0.480 e. The molecule has 0 saturated heterocycles. The number of amides is 3. The van der Waals surface area contributed by atoms with Gasteiger partial charge in [0, 0.05) is 20.5 Å². The fourth-order valence-electron chi connectivity index (χ4n) is 1.13. The summed E-state index contributed by atoms with van der Waals surface area (Å²) in [7, 11) is 3.12. The van der Waals surface area contributed by atoms with Crippen LogP contribution in [0.4, 0.5) is 0 Å². The van der Waals surface area contributed by atoms with Gasteiger partial charge in [-0.05, 0) is 6.42 Å². The molecule has 0 aromatic heterocycles. The Hall–Kier alpha value is -2.12. The average Bonchev–Trinajstić information content (AvgIpc) is 2.30. The second-order valence-electron chi connectivity index (χ2n) is 3.78. The Morgan fingerprint density at radius 3 is 2.39 bits per heavy atom. The highest BCUT2D eigenvalue weighted by Crippen LogP contribution is 2.00. The van der Waals surface area contributed by atoms with E-state index in [-0.39, 0.29) is 25.3 Å². The van der Waals surface area contributed by atoms with E-state index in [0.29, 0.717) is 6.41 Å². The van der Waals surface area contributed by atoms with Gasteiger partial charge >= 0.3 is 5.97 Å². The van der Waals surface area contributed by atoms with Crippen LogP contribution in [0.2, 0.25) is 0 Å². The number of carboxylic acids is 1. The van der Waals surface area contributed by atoms with Crippen LogP contribution < -0.4 is 10.6 Å². The Morgan fingerprint density at radius 1 is 1.33 bits per heavy atom. The van der Waals surface area contributed by atoms with E-state index in [1.807, 2.05) is 0 Å². The Bertz CT molecular complexity index is 329. The number of carbonyl (C=O) groups excluding carboxylic acids is 3. The molecule has 18 heavy (non-hydrogen) atoms. The van der Waals surface area contributed by atoms with Gasteiger partial charge in [-0.25, -0.2) is 4.79 Å². The van der Waals surface area contributed by atoms with Crippen molar-refractivity contribution in [3.05, 3.63) is 0 Å². The van der Waals surface area contributed by atoms with Crippen LogP contribution in [0.3, 0.4) is 0 Å². The van der Waals surface area contributed by atoms with Crippen molar-refractivity contribution in [2.24, 2.45) is 0 Å². The summed E-state index contributed by atoms with van der Waals surface area (Å²) in [5, 5.41) is 13.2. The summed E-state index contributed by atoms with van der Waals surface area (Å²) in [5.41, 5.74) is 0. The molecule has 0 radical (unpaired) electrons. The predicted octanol–water partition coefficient (Wildman–Crippen LogP) is -1.83. The van der Waals surface area contributed by atoms with Gasteiger partial charge in [0.2, 0.25) is 18.2 Å². The number of carbonyl (C=O) groups is 4. The summed E-state index contributed by atoms with van der Waals surface area (Å²) in [6.45, 7) is -0.297. The van der Waals surface area contributed by atoms with E-state index in [4.69, 9.17) is 5.11 Å². The lowest BCUT2D eigenvalue weighted by atomic mass is 10.1. The Balaban J connectivity index is 4.23. The molecule has 0 bridgehead atoms. The van der Waals surface area contributed by atoms with Crippen LogP contribution in [0.5, 0.6) is 0 Å². The second-order valence-corrected chi connectivity index (χ2v) is 3.78. The van der Waals surface area contributed by atoms with Crippen molar-refractivity contribution in [2.45, 2.75) is 18.9 Å². The molecule has 8 nitrogen and oxygen atoms in total. The molecule has 0 spiro atoms. The van der Waals surface area contributed by atoms with Gasteiger partial charge < -0.3 is 20.6 Å². The minimum atomic E-state index is -1.22. The predicted molar refractivity (Wildman–Crippen MR) is 61.6 cm³/mol. The number of hydrogen-bond donors (Lipinski definition) is 3. The number of nitrogens with zero attached hydrogens (tertiary/aromatic N) is 1. The molecule has 0 aliphatic rings. The maximum absolute atomic E-state index is 11.3. The fourth-order valence-corrected chi connectivity index (χ4v) is 1.13. The fraction of sp³-hybridized carbons (Fsp3) is 0.600. The molecule has 1 unspecified atom stereocenters. The lowest BCUT2D eigenvalue weighted by Gasteiger charge is -2.15. The van der Waals surface area contributed by atoms with Gasteiger partial charge in [0.15, 0.2) is 0 Å². The topological polar surface area (TPSA) is 116 Å². The average molecular weight is 259 g/mol. The summed E-state index contributed by atoms with van der Waals surface area (Å²) in [4.78, 5) is 44.7. The van der Waals surface area contributed by atoms with Crippen LogP contribution in [0, 0.1) is 0 Å². The highest BCUT2D eigenvalue weighted by molar-refractivity contribution is 5.86. The van der Waals surface area contributed by atoms with Crippen molar-refractivity contribution in [2.75, 3.05) is 20.6 Å². The van der Waals surface area contributed by atoms with E-state index in [1.54, 1.807) is 14.1 Å². The number of nitrogens with one attached hydrogen (secondary N) is 2. The van der Waals surface area contributed by atoms with Crippen molar-refractivity contribution in [1.82, 2.24) is 15.5 Å². The first kappa shape index (κ1) is 15.9. The summed E-state index contributed by atoms with van der Waals surface area (Å²) in [6, 6.07) is -1.14.